The van der Waals surface area contributed by atoms with E-state index in [2.05, 4.69) is 5.32 Å². The predicted molar refractivity (Wildman–Crippen MR) is 66.6 cm³/mol. The number of ether oxygens (including phenoxy) is 1. The van der Waals surface area contributed by atoms with Crippen LogP contribution >= 0.6 is 0 Å². The zero-order valence-electron chi connectivity index (χ0n) is 10.5. The molecule has 2 rings (SSSR count). The van der Waals surface area contributed by atoms with Crippen molar-refractivity contribution in [3.05, 3.63) is 59.2 Å². The standard InChI is InChI=1S/C14H11F4NO/c1-20-14-3-2-9(5-13(14)18)19-7-8-4-11(16)12(17)6-10(8)15/h2-6,19H,7H2,1H3. The van der Waals surface area contributed by atoms with E-state index in [4.69, 9.17) is 4.74 Å². The highest BCUT2D eigenvalue weighted by Crippen LogP contribution is 2.21. The Morgan fingerprint density at radius 3 is 2.25 bits per heavy atom. The van der Waals surface area contributed by atoms with Gasteiger partial charge in [0, 0.05) is 29.9 Å². The van der Waals surface area contributed by atoms with Crippen LogP contribution in [0.25, 0.3) is 0 Å². The average molecular weight is 285 g/mol. The Hall–Kier alpha value is -2.24. The summed E-state index contributed by atoms with van der Waals surface area (Å²) < 4.78 is 57.3. The minimum atomic E-state index is -1.25. The molecule has 2 aromatic rings. The molecule has 0 aliphatic carbocycles. The number of halogens is 4. The molecule has 0 saturated heterocycles. The molecule has 0 saturated carbocycles. The van der Waals surface area contributed by atoms with Crippen molar-refractivity contribution in [2.24, 2.45) is 0 Å². The van der Waals surface area contributed by atoms with Gasteiger partial charge in [-0.1, -0.05) is 0 Å². The Morgan fingerprint density at radius 2 is 1.60 bits per heavy atom. The number of benzene rings is 2. The van der Waals surface area contributed by atoms with Crippen LogP contribution in [0.5, 0.6) is 5.75 Å². The molecule has 0 aliphatic heterocycles. The Balaban J connectivity index is 2.13. The first kappa shape index (κ1) is 14.2. The van der Waals surface area contributed by atoms with Crippen molar-refractivity contribution >= 4 is 5.69 Å². The molecular formula is C14H11F4NO. The van der Waals surface area contributed by atoms with E-state index in [0.717, 1.165) is 12.1 Å². The van der Waals surface area contributed by atoms with Gasteiger partial charge >= 0.3 is 0 Å². The lowest BCUT2D eigenvalue weighted by Gasteiger charge is -2.09. The van der Waals surface area contributed by atoms with Crippen LogP contribution in [0.1, 0.15) is 5.56 Å². The lowest BCUT2D eigenvalue weighted by Crippen LogP contribution is -2.04. The highest BCUT2D eigenvalue weighted by Gasteiger charge is 2.10. The van der Waals surface area contributed by atoms with E-state index in [1.54, 1.807) is 0 Å². The number of hydrogen-bond donors (Lipinski definition) is 1. The number of rotatable bonds is 4. The molecule has 0 amide bonds. The van der Waals surface area contributed by atoms with E-state index in [9.17, 15) is 17.6 Å². The van der Waals surface area contributed by atoms with Crippen molar-refractivity contribution < 1.29 is 22.3 Å². The summed E-state index contributed by atoms with van der Waals surface area (Å²) in [5.41, 5.74) is 0.313. The van der Waals surface area contributed by atoms with Gasteiger partial charge in [-0.25, -0.2) is 17.6 Å². The highest BCUT2D eigenvalue weighted by molar-refractivity contribution is 5.47. The smallest absolute Gasteiger partial charge is 0.167 e. The van der Waals surface area contributed by atoms with Crippen LogP contribution in [-0.2, 0) is 6.54 Å². The zero-order chi connectivity index (χ0) is 14.7. The molecule has 0 bridgehead atoms. The number of nitrogens with one attached hydrogen (secondary N) is 1. The molecule has 6 heteroatoms. The molecule has 0 aliphatic rings. The molecule has 0 radical (unpaired) electrons. The largest absolute Gasteiger partial charge is 0.494 e. The second-order valence-corrected chi connectivity index (χ2v) is 4.06. The number of hydrogen-bond acceptors (Lipinski definition) is 2. The van der Waals surface area contributed by atoms with Crippen LogP contribution < -0.4 is 10.1 Å². The lowest BCUT2D eigenvalue weighted by atomic mass is 10.2. The molecule has 0 spiro atoms. The Labute approximate surface area is 113 Å². The van der Waals surface area contributed by atoms with Crippen molar-refractivity contribution in [3.63, 3.8) is 0 Å². The average Bonchev–Trinajstić information content (AvgIpc) is 2.41. The van der Waals surface area contributed by atoms with Gasteiger partial charge in [0.2, 0.25) is 0 Å². The third-order valence-electron chi connectivity index (χ3n) is 2.72. The summed E-state index contributed by atoms with van der Waals surface area (Å²) in [6.45, 7) is -0.102. The molecular weight excluding hydrogens is 274 g/mol. The fourth-order valence-corrected chi connectivity index (χ4v) is 1.67. The second kappa shape index (κ2) is 5.81. The summed E-state index contributed by atoms with van der Waals surface area (Å²) >= 11 is 0. The minimum absolute atomic E-state index is 0.0554. The van der Waals surface area contributed by atoms with E-state index in [1.165, 1.54) is 19.2 Å². The Kier molecular flexibility index (Phi) is 4.12. The predicted octanol–water partition coefficient (Wildman–Crippen LogP) is 3.86. The van der Waals surface area contributed by atoms with Gasteiger partial charge in [-0.05, 0) is 18.2 Å². The first-order valence-electron chi connectivity index (χ1n) is 5.72. The first-order chi connectivity index (χ1) is 9.51. The third kappa shape index (κ3) is 3.01. The minimum Gasteiger partial charge on any atom is -0.494 e. The van der Waals surface area contributed by atoms with E-state index in [0.29, 0.717) is 11.8 Å². The molecule has 0 aromatic heterocycles. The molecule has 0 heterocycles. The topological polar surface area (TPSA) is 21.3 Å². The van der Waals surface area contributed by atoms with Crippen LogP contribution in [0.15, 0.2) is 30.3 Å². The molecule has 20 heavy (non-hydrogen) atoms. The highest BCUT2D eigenvalue weighted by atomic mass is 19.2. The fourth-order valence-electron chi connectivity index (χ4n) is 1.67. The molecule has 106 valence electrons. The van der Waals surface area contributed by atoms with Crippen LogP contribution in [-0.4, -0.2) is 7.11 Å². The molecule has 2 nitrogen and oxygen atoms in total. The van der Waals surface area contributed by atoms with Crippen LogP contribution in [0.2, 0.25) is 0 Å². The van der Waals surface area contributed by atoms with Gasteiger partial charge in [0.05, 0.1) is 7.11 Å². The van der Waals surface area contributed by atoms with Crippen molar-refractivity contribution in [2.75, 3.05) is 12.4 Å². The van der Waals surface area contributed by atoms with Gasteiger partial charge in [-0.2, -0.15) is 0 Å². The summed E-state index contributed by atoms with van der Waals surface area (Å²) in [5, 5.41) is 2.72. The fraction of sp³-hybridized carbons (Fsp3) is 0.143. The summed E-state index contributed by atoms with van der Waals surface area (Å²) in [6.07, 6.45) is 0. The Bertz CT molecular complexity index is 631. The molecule has 1 N–H and O–H groups in total. The second-order valence-electron chi connectivity index (χ2n) is 4.06. The lowest BCUT2D eigenvalue weighted by molar-refractivity contribution is 0.386. The maximum atomic E-state index is 13.4. The zero-order valence-corrected chi connectivity index (χ0v) is 10.5. The maximum absolute atomic E-state index is 13.4. The van der Waals surface area contributed by atoms with Gasteiger partial charge in [0.25, 0.3) is 0 Å². The van der Waals surface area contributed by atoms with Crippen molar-refractivity contribution in [3.8, 4) is 5.75 Å². The van der Waals surface area contributed by atoms with Crippen molar-refractivity contribution in [2.45, 2.75) is 6.54 Å². The summed E-state index contributed by atoms with van der Waals surface area (Å²) in [7, 11) is 1.34. The molecule has 2 aromatic carbocycles. The van der Waals surface area contributed by atoms with Crippen LogP contribution in [0.3, 0.4) is 0 Å². The Morgan fingerprint density at radius 1 is 0.900 bits per heavy atom. The normalized spacial score (nSPS) is 10.4. The van der Waals surface area contributed by atoms with Crippen LogP contribution in [0, 0.1) is 23.3 Å². The van der Waals surface area contributed by atoms with E-state index in [-0.39, 0.29) is 17.9 Å². The van der Waals surface area contributed by atoms with Gasteiger partial charge in [0.15, 0.2) is 23.2 Å². The monoisotopic (exact) mass is 285 g/mol. The van der Waals surface area contributed by atoms with E-state index in [1.807, 2.05) is 0 Å². The van der Waals surface area contributed by atoms with E-state index >= 15 is 0 Å². The van der Waals surface area contributed by atoms with Crippen molar-refractivity contribution in [1.82, 2.24) is 0 Å². The van der Waals surface area contributed by atoms with Gasteiger partial charge in [-0.3, -0.25) is 0 Å². The molecule has 0 fully saturated rings. The third-order valence-corrected chi connectivity index (χ3v) is 2.72. The van der Waals surface area contributed by atoms with Gasteiger partial charge in [0.1, 0.15) is 5.82 Å². The number of anilines is 1. The summed E-state index contributed by atoms with van der Waals surface area (Å²) in [6, 6.07) is 5.33. The van der Waals surface area contributed by atoms with Crippen molar-refractivity contribution in [1.29, 1.82) is 0 Å². The summed E-state index contributed by atoms with van der Waals surface area (Å²) in [5.74, 6) is -3.76. The van der Waals surface area contributed by atoms with Gasteiger partial charge < -0.3 is 10.1 Å². The molecule has 0 unspecified atom stereocenters. The maximum Gasteiger partial charge on any atom is 0.167 e. The quantitative estimate of drug-likeness (QED) is 0.680. The first-order valence-corrected chi connectivity index (χ1v) is 5.72. The molecule has 0 atom stereocenters. The number of methoxy groups -OCH3 is 1. The van der Waals surface area contributed by atoms with Gasteiger partial charge in [-0.15, -0.1) is 0 Å². The van der Waals surface area contributed by atoms with E-state index < -0.39 is 23.3 Å². The SMILES string of the molecule is COc1ccc(NCc2cc(F)c(F)cc2F)cc1F. The summed E-state index contributed by atoms with van der Waals surface area (Å²) in [4.78, 5) is 0. The van der Waals surface area contributed by atoms with Crippen LogP contribution in [0.4, 0.5) is 23.2 Å².